The van der Waals surface area contributed by atoms with Crippen LogP contribution >= 0.6 is 0 Å². The maximum atomic E-state index is 13.4. The second-order valence-electron chi connectivity index (χ2n) is 9.81. The lowest BCUT2D eigenvalue weighted by atomic mass is 9.98. The summed E-state index contributed by atoms with van der Waals surface area (Å²) in [5, 5.41) is 0. The van der Waals surface area contributed by atoms with Crippen LogP contribution in [0, 0.1) is 0 Å². The molecule has 0 fully saturated rings. The maximum absolute atomic E-state index is 13.4. The summed E-state index contributed by atoms with van der Waals surface area (Å²) in [5.41, 5.74) is 5.39. The highest BCUT2D eigenvalue weighted by atomic mass is 16.5. The van der Waals surface area contributed by atoms with Gasteiger partial charge in [-0.05, 0) is 58.7 Å². The molecule has 1 aromatic heterocycles. The third-order valence-corrected chi connectivity index (χ3v) is 7.06. The molecule has 0 aliphatic carbocycles. The summed E-state index contributed by atoms with van der Waals surface area (Å²) < 4.78 is 11.5. The van der Waals surface area contributed by atoms with Crippen LogP contribution in [0.2, 0.25) is 0 Å². The highest BCUT2D eigenvalue weighted by Crippen LogP contribution is 2.29. The van der Waals surface area contributed by atoms with Gasteiger partial charge in [-0.15, -0.1) is 0 Å². The summed E-state index contributed by atoms with van der Waals surface area (Å²) in [6.45, 7) is 1.54. The van der Waals surface area contributed by atoms with Crippen LogP contribution in [-0.4, -0.2) is 72.0 Å². The van der Waals surface area contributed by atoms with Gasteiger partial charge < -0.3 is 19.3 Å². The first kappa shape index (κ1) is 26.9. The van der Waals surface area contributed by atoms with Crippen molar-refractivity contribution < 1.29 is 19.1 Å². The SMILES string of the molecule is COc1ccc(CC(=O)N2CCOc3ccc(-c4cncnc4)cc3Cc3cccc(c3)C(=O)N(C)CC2)cc1. The fraction of sp³-hybridized carbons (Fsp3) is 0.250. The number of nitrogens with zero attached hydrogens (tertiary/aromatic N) is 4. The van der Waals surface area contributed by atoms with Crippen molar-refractivity contribution in [2.24, 2.45) is 0 Å². The first-order chi connectivity index (χ1) is 19.5. The number of carbonyl (C=O) groups excluding carboxylic acids is 2. The number of aromatic nitrogens is 2. The summed E-state index contributed by atoms with van der Waals surface area (Å²) >= 11 is 0. The fourth-order valence-corrected chi connectivity index (χ4v) is 4.77. The van der Waals surface area contributed by atoms with E-state index in [1.807, 2.05) is 60.7 Å². The van der Waals surface area contributed by atoms with Gasteiger partial charge >= 0.3 is 0 Å². The average molecular weight is 537 g/mol. The van der Waals surface area contributed by atoms with Gasteiger partial charge in [0.05, 0.1) is 20.1 Å². The van der Waals surface area contributed by atoms with Crippen molar-refractivity contribution in [2.75, 3.05) is 40.4 Å². The summed E-state index contributed by atoms with van der Waals surface area (Å²) in [6.07, 6.45) is 5.90. The number of likely N-dealkylation sites (N-methyl/N-ethyl adjacent to an activating group) is 1. The maximum Gasteiger partial charge on any atom is 0.253 e. The Kier molecular flexibility index (Phi) is 8.35. The lowest BCUT2D eigenvalue weighted by Gasteiger charge is -2.27. The molecule has 2 heterocycles. The highest BCUT2D eigenvalue weighted by molar-refractivity contribution is 5.94. The minimum absolute atomic E-state index is 0.0247. The monoisotopic (exact) mass is 536 g/mol. The van der Waals surface area contributed by atoms with E-state index in [9.17, 15) is 9.59 Å². The smallest absolute Gasteiger partial charge is 0.253 e. The van der Waals surface area contributed by atoms with Gasteiger partial charge in [-0.2, -0.15) is 0 Å². The van der Waals surface area contributed by atoms with Crippen LogP contribution in [-0.2, 0) is 17.6 Å². The predicted molar refractivity (Wildman–Crippen MR) is 152 cm³/mol. The lowest BCUT2D eigenvalue weighted by Crippen LogP contribution is -2.42. The topological polar surface area (TPSA) is 84.9 Å². The number of amides is 2. The standard InChI is InChI=1S/C32H32N4O4/c1-35-12-13-36(31(37)18-23-6-9-29(39-2)10-7-23)14-15-40-30-11-8-25(28-20-33-22-34-21-28)19-27(30)17-24-4-3-5-26(16-24)32(35)38/h3-11,16,19-22H,12-15,17-18H2,1-2H3. The van der Waals surface area contributed by atoms with Crippen LogP contribution in [0.3, 0.4) is 0 Å². The van der Waals surface area contributed by atoms with Gasteiger partial charge in [0.15, 0.2) is 0 Å². The zero-order chi connectivity index (χ0) is 27.9. The third-order valence-electron chi connectivity index (χ3n) is 7.06. The number of ether oxygens (including phenoxy) is 2. The van der Waals surface area contributed by atoms with E-state index < -0.39 is 0 Å². The van der Waals surface area contributed by atoms with E-state index in [2.05, 4.69) is 16.0 Å². The zero-order valence-corrected chi connectivity index (χ0v) is 22.7. The Labute approximate surface area is 234 Å². The van der Waals surface area contributed by atoms with Crippen molar-refractivity contribution in [2.45, 2.75) is 12.8 Å². The van der Waals surface area contributed by atoms with Crippen molar-refractivity contribution in [3.8, 4) is 22.6 Å². The van der Waals surface area contributed by atoms with E-state index in [4.69, 9.17) is 9.47 Å². The quantitative estimate of drug-likeness (QED) is 0.387. The summed E-state index contributed by atoms with van der Waals surface area (Å²) in [5.74, 6) is 1.39. The molecule has 8 heteroatoms. The Morgan fingerprint density at radius 2 is 1.73 bits per heavy atom. The molecule has 3 aromatic carbocycles. The third kappa shape index (κ3) is 6.46. The van der Waals surface area contributed by atoms with E-state index in [-0.39, 0.29) is 18.2 Å². The average Bonchev–Trinajstić information content (AvgIpc) is 2.99. The molecule has 204 valence electrons. The number of fused-ring (bicyclic) bond motifs is 3. The van der Waals surface area contributed by atoms with E-state index in [1.54, 1.807) is 36.4 Å². The summed E-state index contributed by atoms with van der Waals surface area (Å²) in [6, 6.07) is 21.2. The van der Waals surface area contributed by atoms with Crippen LogP contribution < -0.4 is 9.47 Å². The van der Waals surface area contributed by atoms with Crippen LogP contribution in [0.5, 0.6) is 11.5 Å². The van der Waals surface area contributed by atoms with E-state index >= 15 is 0 Å². The number of benzene rings is 3. The minimum atomic E-state index is -0.0758. The molecule has 8 nitrogen and oxygen atoms in total. The van der Waals surface area contributed by atoms with Gasteiger partial charge in [-0.3, -0.25) is 9.59 Å². The number of hydrogen-bond donors (Lipinski definition) is 0. The molecule has 0 N–H and O–H groups in total. The zero-order valence-electron chi connectivity index (χ0n) is 22.7. The lowest BCUT2D eigenvalue weighted by molar-refractivity contribution is -0.131. The van der Waals surface area contributed by atoms with Crippen LogP contribution in [0.25, 0.3) is 11.1 Å². The molecule has 1 aliphatic heterocycles. The van der Waals surface area contributed by atoms with Gasteiger partial charge in [0.25, 0.3) is 5.91 Å². The molecular weight excluding hydrogens is 504 g/mol. The fourth-order valence-electron chi connectivity index (χ4n) is 4.77. The Bertz CT molecular complexity index is 1470. The first-order valence-electron chi connectivity index (χ1n) is 13.3. The van der Waals surface area contributed by atoms with Crippen LogP contribution in [0.4, 0.5) is 0 Å². The first-order valence-corrected chi connectivity index (χ1v) is 13.3. The molecule has 2 bridgehead atoms. The van der Waals surface area contributed by atoms with Crippen molar-refractivity contribution in [3.63, 3.8) is 0 Å². The van der Waals surface area contributed by atoms with Crippen molar-refractivity contribution in [3.05, 3.63) is 108 Å². The Hall–Kier alpha value is -4.72. The Balaban J connectivity index is 1.43. The number of carbonyl (C=O) groups is 2. The highest BCUT2D eigenvalue weighted by Gasteiger charge is 2.19. The molecule has 0 atom stereocenters. The Morgan fingerprint density at radius 3 is 2.50 bits per heavy atom. The molecule has 0 unspecified atom stereocenters. The van der Waals surface area contributed by atoms with Gasteiger partial charge in [0, 0.05) is 50.1 Å². The van der Waals surface area contributed by atoms with Crippen LogP contribution in [0.15, 0.2) is 85.5 Å². The number of rotatable bonds is 4. The normalized spacial score (nSPS) is 14.1. The molecular formula is C32H32N4O4. The molecule has 0 saturated heterocycles. The van der Waals surface area contributed by atoms with Crippen molar-refractivity contribution in [1.29, 1.82) is 0 Å². The van der Waals surface area contributed by atoms with Crippen LogP contribution in [0.1, 0.15) is 27.0 Å². The number of hydrogen-bond acceptors (Lipinski definition) is 6. The number of methoxy groups -OCH3 is 1. The molecule has 1 aliphatic rings. The van der Waals surface area contributed by atoms with E-state index in [0.29, 0.717) is 38.2 Å². The molecule has 0 radical (unpaired) electrons. The molecule has 0 saturated carbocycles. The van der Waals surface area contributed by atoms with Crippen molar-refractivity contribution >= 4 is 11.8 Å². The van der Waals surface area contributed by atoms with Crippen molar-refractivity contribution in [1.82, 2.24) is 19.8 Å². The molecule has 5 rings (SSSR count). The van der Waals surface area contributed by atoms with Gasteiger partial charge in [-0.25, -0.2) is 9.97 Å². The largest absolute Gasteiger partial charge is 0.497 e. The second-order valence-corrected chi connectivity index (χ2v) is 9.81. The van der Waals surface area contributed by atoms with Gasteiger partial charge in [-0.1, -0.05) is 30.3 Å². The Morgan fingerprint density at radius 1 is 0.925 bits per heavy atom. The van der Waals surface area contributed by atoms with Gasteiger partial charge in [0.1, 0.15) is 24.4 Å². The molecule has 0 spiro atoms. The molecule has 4 aromatic rings. The van der Waals surface area contributed by atoms with E-state index in [1.165, 1.54) is 6.33 Å². The van der Waals surface area contributed by atoms with Gasteiger partial charge in [0.2, 0.25) is 5.91 Å². The summed E-state index contributed by atoms with van der Waals surface area (Å²) in [4.78, 5) is 38.4. The molecule has 2 amide bonds. The minimum Gasteiger partial charge on any atom is -0.497 e. The summed E-state index contributed by atoms with van der Waals surface area (Å²) in [7, 11) is 3.39. The predicted octanol–water partition coefficient (Wildman–Crippen LogP) is 4.28. The van der Waals surface area contributed by atoms with E-state index in [0.717, 1.165) is 39.3 Å². The second kappa shape index (κ2) is 12.4. The molecule has 40 heavy (non-hydrogen) atoms.